The zero-order chi connectivity index (χ0) is 13.6. The van der Waals surface area contributed by atoms with Crippen LogP contribution in [0.3, 0.4) is 0 Å². The summed E-state index contributed by atoms with van der Waals surface area (Å²) in [6.45, 7) is 0. The Morgan fingerprint density at radius 2 is 1.21 bits per heavy atom. The summed E-state index contributed by atoms with van der Waals surface area (Å²) in [5.41, 5.74) is 1.01. The van der Waals surface area contributed by atoms with Gasteiger partial charge in [-0.2, -0.15) is 0 Å². The number of methoxy groups -OCH3 is 2. The van der Waals surface area contributed by atoms with E-state index in [2.05, 4.69) is 0 Å². The molecule has 4 heteroatoms. The molecule has 0 N–H and O–H groups in total. The molecule has 4 nitrogen and oxygen atoms in total. The highest BCUT2D eigenvalue weighted by atomic mass is 16.5. The maximum atomic E-state index is 11.7. The van der Waals surface area contributed by atoms with Crippen LogP contribution in [0.5, 0.6) is 11.5 Å². The summed E-state index contributed by atoms with van der Waals surface area (Å²) in [7, 11) is 3.12. The number of benzene rings is 2. The molecule has 0 aliphatic heterocycles. The lowest BCUT2D eigenvalue weighted by atomic mass is 10.0. The summed E-state index contributed by atoms with van der Waals surface area (Å²) in [5, 5.41) is 1.72. The predicted molar refractivity (Wildman–Crippen MR) is 70.3 cm³/mol. The van der Waals surface area contributed by atoms with Crippen molar-refractivity contribution in [2.75, 3.05) is 14.2 Å². The van der Waals surface area contributed by atoms with Crippen molar-refractivity contribution in [3.8, 4) is 11.5 Å². The number of fused-ring (bicyclic) bond motifs is 2. The highest BCUT2D eigenvalue weighted by molar-refractivity contribution is 6.25. The normalized spacial score (nSPS) is 13.8. The van der Waals surface area contributed by atoms with Crippen LogP contribution in [0.25, 0.3) is 10.8 Å². The van der Waals surface area contributed by atoms with Crippen molar-refractivity contribution in [1.82, 2.24) is 0 Å². The largest absolute Gasteiger partial charge is 0.493 e. The first-order chi connectivity index (χ1) is 9.13. The standard InChI is InChI=1S/C15H12O4/c1-18-14-5-8-3-10-11(13(17)7-12(10)16)4-9(8)6-15(14)19-2/h3-6H,7H2,1-2H3. The number of ketones is 2. The minimum absolute atomic E-state index is 0.0279. The van der Waals surface area contributed by atoms with Gasteiger partial charge >= 0.3 is 0 Å². The predicted octanol–water partition coefficient (Wildman–Crippen LogP) is 2.63. The van der Waals surface area contributed by atoms with E-state index in [9.17, 15) is 9.59 Å². The van der Waals surface area contributed by atoms with E-state index in [-0.39, 0.29) is 18.0 Å². The maximum Gasteiger partial charge on any atom is 0.171 e. The minimum Gasteiger partial charge on any atom is -0.493 e. The molecule has 2 aromatic rings. The smallest absolute Gasteiger partial charge is 0.171 e. The van der Waals surface area contributed by atoms with Gasteiger partial charge in [0.15, 0.2) is 23.1 Å². The minimum atomic E-state index is -0.114. The molecular weight excluding hydrogens is 244 g/mol. The van der Waals surface area contributed by atoms with Crippen molar-refractivity contribution in [3.05, 3.63) is 35.4 Å². The lowest BCUT2D eigenvalue weighted by molar-refractivity contribution is 0.0923. The molecule has 0 atom stereocenters. The second kappa shape index (κ2) is 4.09. The van der Waals surface area contributed by atoms with Crippen molar-refractivity contribution in [2.24, 2.45) is 0 Å². The molecule has 0 saturated heterocycles. The van der Waals surface area contributed by atoms with E-state index in [0.29, 0.717) is 22.6 Å². The molecular formula is C15H12O4. The van der Waals surface area contributed by atoms with Gasteiger partial charge < -0.3 is 9.47 Å². The molecule has 0 fully saturated rings. The molecule has 0 radical (unpaired) electrons. The molecule has 0 heterocycles. The van der Waals surface area contributed by atoms with Gasteiger partial charge in [-0.1, -0.05) is 0 Å². The van der Waals surface area contributed by atoms with Crippen molar-refractivity contribution in [1.29, 1.82) is 0 Å². The van der Waals surface area contributed by atoms with Gasteiger partial charge in [-0.05, 0) is 35.0 Å². The Morgan fingerprint density at radius 1 is 0.789 bits per heavy atom. The van der Waals surface area contributed by atoms with Crippen LogP contribution < -0.4 is 9.47 Å². The van der Waals surface area contributed by atoms with E-state index in [1.807, 2.05) is 12.1 Å². The van der Waals surface area contributed by atoms with Gasteiger partial charge in [0.05, 0.1) is 20.6 Å². The molecule has 0 saturated carbocycles. The first-order valence-corrected chi connectivity index (χ1v) is 5.90. The van der Waals surface area contributed by atoms with Crippen molar-refractivity contribution >= 4 is 22.3 Å². The quantitative estimate of drug-likeness (QED) is 0.775. The molecule has 0 bridgehead atoms. The summed E-state index contributed by atoms with van der Waals surface area (Å²) in [6.07, 6.45) is -0.0279. The molecule has 96 valence electrons. The van der Waals surface area contributed by atoms with E-state index >= 15 is 0 Å². The average Bonchev–Trinajstić information content (AvgIpc) is 2.69. The van der Waals surface area contributed by atoms with Crippen molar-refractivity contribution in [2.45, 2.75) is 6.42 Å². The Bertz CT molecular complexity index is 655. The molecule has 0 spiro atoms. The average molecular weight is 256 g/mol. The monoisotopic (exact) mass is 256 g/mol. The molecule has 19 heavy (non-hydrogen) atoms. The van der Waals surface area contributed by atoms with Crippen LogP contribution in [0.1, 0.15) is 27.1 Å². The summed E-state index contributed by atoms with van der Waals surface area (Å²) in [6, 6.07) is 7.12. The fraction of sp³-hybridized carbons (Fsp3) is 0.200. The molecule has 1 aliphatic rings. The zero-order valence-corrected chi connectivity index (χ0v) is 10.6. The van der Waals surface area contributed by atoms with Crippen LogP contribution in [0.15, 0.2) is 24.3 Å². The van der Waals surface area contributed by atoms with Crippen LogP contribution in [0.4, 0.5) is 0 Å². The SMILES string of the molecule is COc1cc2cc3c(cc2cc1OC)C(=O)CC3=O. The first-order valence-electron chi connectivity index (χ1n) is 5.90. The van der Waals surface area contributed by atoms with Gasteiger partial charge in [-0.25, -0.2) is 0 Å². The molecule has 1 aliphatic carbocycles. The highest BCUT2D eigenvalue weighted by Crippen LogP contribution is 2.35. The van der Waals surface area contributed by atoms with Crippen LogP contribution in [-0.2, 0) is 0 Å². The third kappa shape index (κ3) is 1.68. The van der Waals surface area contributed by atoms with Gasteiger partial charge in [0.25, 0.3) is 0 Å². The van der Waals surface area contributed by atoms with E-state index in [0.717, 1.165) is 10.8 Å². The van der Waals surface area contributed by atoms with E-state index in [4.69, 9.17) is 9.47 Å². The lowest BCUT2D eigenvalue weighted by Gasteiger charge is -2.10. The number of Topliss-reactive ketones (excluding diaryl/α,β-unsaturated/α-hetero) is 2. The number of carbonyl (C=O) groups is 2. The second-order valence-corrected chi connectivity index (χ2v) is 4.48. The van der Waals surface area contributed by atoms with Gasteiger partial charge in [-0.3, -0.25) is 9.59 Å². The van der Waals surface area contributed by atoms with Crippen LogP contribution >= 0.6 is 0 Å². The van der Waals surface area contributed by atoms with Gasteiger partial charge in [0.2, 0.25) is 0 Å². The van der Waals surface area contributed by atoms with Crippen molar-refractivity contribution < 1.29 is 19.1 Å². The van der Waals surface area contributed by atoms with E-state index in [1.54, 1.807) is 26.4 Å². The number of hydrogen-bond acceptors (Lipinski definition) is 4. The summed E-state index contributed by atoms with van der Waals surface area (Å²) in [4.78, 5) is 23.4. The van der Waals surface area contributed by atoms with Gasteiger partial charge in [0, 0.05) is 11.1 Å². The number of ether oxygens (including phenoxy) is 2. The Kier molecular flexibility index (Phi) is 2.52. The Labute approximate surface area is 109 Å². The van der Waals surface area contributed by atoms with E-state index in [1.165, 1.54) is 0 Å². The molecule has 0 amide bonds. The molecule has 0 aromatic heterocycles. The third-order valence-electron chi connectivity index (χ3n) is 3.40. The second-order valence-electron chi connectivity index (χ2n) is 4.48. The number of hydrogen-bond donors (Lipinski definition) is 0. The van der Waals surface area contributed by atoms with Crippen LogP contribution in [0.2, 0.25) is 0 Å². The Hall–Kier alpha value is -2.36. The Balaban J connectivity index is 2.31. The summed E-state index contributed by atoms with van der Waals surface area (Å²) < 4.78 is 10.5. The molecule has 0 unspecified atom stereocenters. The lowest BCUT2D eigenvalue weighted by Crippen LogP contribution is -1.94. The topological polar surface area (TPSA) is 52.6 Å². The molecule has 2 aromatic carbocycles. The third-order valence-corrected chi connectivity index (χ3v) is 3.40. The van der Waals surface area contributed by atoms with Gasteiger partial charge in [0.1, 0.15) is 0 Å². The van der Waals surface area contributed by atoms with Crippen molar-refractivity contribution in [3.63, 3.8) is 0 Å². The first kappa shape index (κ1) is 11.7. The summed E-state index contributed by atoms with van der Waals surface area (Å²) >= 11 is 0. The number of carbonyl (C=O) groups excluding carboxylic acids is 2. The highest BCUT2D eigenvalue weighted by Gasteiger charge is 2.27. The number of rotatable bonds is 2. The van der Waals surface area contributed by atoms with Gasteiger partial charge in [-0.15, -0.1) is 0 Å². The van der Waals surface area contributed by atoms with E-state index < -0.39 is 0 Å². The summed E-state index contributed by atoms with van der Waals surface area (Å²) in [5.74, 6) is 0.979. The molecule has 3 rings (SSSR count). The zero-order valence-electron chi connectivity index (χ0n) is 10.6. The van der Waals surface area contributed by atoms with Crippen LogP contribution in [-0.4, -0.2) is 25.8 Å². The van der Waals surface area contributed by atoms with Crippen LogP contribution in [0, 0.1) is 0 Å². The fourth-order valence-electron chi connectivity index (χ4n) is 2.42. The fourth-order valence-corrected chi connectivity index (χ4v) is 2.42. The Morgan fingerprint density at radius 3 is 1.58 bits per heavy atom. The maximum absolute atomic E-state index is 11.7.